The third-order valence-corrected chi connectivity index (χ3v) is 5.86. The van der Waals surface area contributed by atoms with Gasteiger partial charge in [0.2, 0.25) is 0 Å². The zero-order chi connectivity index (χ0) is 23.0. The lowest BCUT2D eigenvalue weighted by molar-refractivity contribution is -0.264. The van der Waals surface area contributed by atoms with Crippen molar-refractivity contribution in [2.24, 2.45) is 11.0 Å². The number of hydrogen-bond acceptors (Lipinski definition) is 5. The molecule has 0 amide bonds. The fourth-order valence-corrected chi connectivity index (χ4v) is 4.08. The van der Waals surface area contributed by atoms with Gasteiger partial charge in [-0.25, -0.2) is 4.39 Å². The zero-order valence-corrected chi connectivity index (χ0v) is 17.8. The van der Waals surface area contributed by atoms with Crippen LogP contribution in [0.25, 0.3) is 0 Å². The van der Waals surface area contributed by atoms with Crippen LogP contribution < -0.4 is 15.5 Å². The molecule has 3 N–H and O–H groups in total. The second-order valence-corrected chi connectivity index (χ2v) is 8.71. The Morgan fingerprint density at radius 2 is 1.97 bits per heavy atom. The van der Waals surface area contributed by atoms with E-state index in [1.165, 1.54) is 33.1 Å². The molecule has 1 aliphatic carbocycles. The van der Waals surface area contributed by atoms with Crippen LogP contribution >= 0.6 is 0 Å². The average molecular weight is 441 g/mol. The summed E-state index contributed by atoms with van der Waals surface area (Å²) in [4.78, 5) is 0. The number of aryl methyl sites for hydroxylation is 1. The van der Waals surface area contributed by atoms with Crippen LogP contribution in [0.1, 0.15) is 31.4 Å². The van der Waals surface area contributed by atoms with Crippen molar-refractivity contribution in [3.8, 4) is 5.75 Å². The zero-order valence-electron chi connectivity index (χ0n) is 17.8. The Hall–Kier alpha value is -2.55. The van der Waals surface area contributed by atoms with Crippen LogP contribution in [0.2, 0.25) is 0 Å². The maximum atomic E-state index is 14.2. The molecule has 1 aromatic rings. The molecule has 0 saturated heterocycles. The smallest absolute Gasteiger partial charge is 0.418 e. The summed E-state index contributed by atoms with van der Waals surface area (Å²) in [5, 5.41) is 17.5. The predicted molar refractivity (Wildman–Crippen MR) is 110 cm³/mol. The summed E-state index contributed by atoms with van der Waals surface area (Å²) in [5.74, 6) is -0.505. The number of methoxy groups -OCH3 is 1. The summed E-state index contributed by atoms with van der Waals surface area (Å²) < 4.78 is 61.6. The Balaban J connectivity index is 1.87. The Kier molecular flexibility index (Phi) is 6.10. The van der Waals surface area contributed by atoms with E-state index in [4.69, 9.17) is 4.74 Å². The molecule has 1 heterocycles. The second kappa shape index (κ2) is 8.18. The molecule has 2 aliphatic rings. The molecule has 0 fully saturated rings. The Bertz CT molecular complexity index is 924. The van der Waals surface area contributed by atoms with Crippen molar-refractivity contribution < 1.29 is 27.4 Å². The van der Waals surface area contributed by atoms with Crippen molar-refractivity contribution in [1.29, 1.82) is 0 Å². The van der Waals surface area contributed by atoms with Crippen molar-refractivity contribution in [1.82, 2.24) is 10.7 Å². The molecule has 31 heavy (non-hydrogen) atoms. The van der Waals surface area contributed by atoms with E-state index >= 15 is 0 Å². The van der Waals surface area contributed by atoms with Gasteiger partial charge >= 0.3 is 6.18 Å². The van der Waals surface area contributed by atoms with Gasteiger partial charge in [0.15, 0.2) is 5.60 Å². The summed E-state index contributed by atoms with van der Waals surface area (Å²) in [7, 11) is 1.38. The first kappa shape index (κ1) is 23.1. The lowest BCUT2D eigenvalue weighted by Gasteiger charge is -2.39. The summed E-state index contributed by atoms with van der Waals surface area (Å²) in [5.41, 5.74) is -0.337. The van der Waals surface area contributed by atoms with Crippen LogP contribution in [-0.2, 0) is 5.41 Å². The van der Waals surface area contributed by atoms with E-state index < -0.39 is 36.0 Å². The van der Waals surface area contributed by atoms with Gasteiger partial charge in [-0.3, -0.25) is 0 Å². The number of nitrogens with zero attached hydrogens (tertiary/aromatic N) is 1. The molecule has 0 saturated carbocycles. The quantitative estimate of drug-likeness (QED) is 0.565. The minimum atomic E-state index is -4.92. The van der Waals surface area contributed by atoms with Gasteiger partial charge in [0.05, 0.1) is 25.6 Å². The molecule has 0 radical (unpaired) electrons. The maximum absolute atomic E-state index is 14.2. The number of alkyl halides is 3. The number of fused-ring (bicyclic) bond motifs is 1. The molecule has 1 aliphatic heterocycles. The highest BCUT2D eigenvalue weighted by Gasteiger charge is 2.56. The first-order chi connectivity index (χ1) is 14.4. The van der Waals surface area contributed by atoms with Crippen LogP contribution in [0.4, 0.5) is 17.6 Å². The van der Waals surface area contributed by atoms with Crippen LogP contribution in [0.5, 0.6) is 5.75 Å². The van der Waals surface area contributed by atoms with E-state index in [-0.39, 0.29) is 23.3 Å². The van der Waals surface area contributed by atoms with E-state index in [0.29, 0.717) is 11.3 Å². The molecule has 9 heteroatoms. The molecule has 170 valence electrons. The number of rotatable bonds is 7. The number of aliphatic hydroxyl groups is 1. The van der Waals surface area contributed by atoms with E-state index in [9.17, 15) is 22.7 Å². The monoisotopic (exact) mass is 441 g/mol. The van der Waals surface area contributed by atoms with Crippen LogP contribution in [-0.4, -0.2) is 42.8 Å². The summed E-state index contributed by atoms with van der Waals surface area (Å²) in [6.45, 7) is 3.85. The van der Waals surface area contributed by atoms with Gasteiger partial charge in [0.1, 0.15) is 11.6 Å². The lowest BCUT2D eigenvalue weighted by Crippen LogP contribution is -2.55. The Morgan fingerprint density at radius 1 is 1.26 bits per heavy atom. The highest BCUT2D eigenvalue weighted by atomic mass is 19.4. The highest BCUT2D eigenvalue weighted by Crippen LogP contribution is 2.44. The number of allylic oxidation sites excluding steroid dienone is 2. The summed E-state index contributed by atoms with van der Waals surface area (Å²) >= 11 is 0. The third-order valence-electron chi connectivity index (χ3n) is 5.86. The number of hydrogen-bond donors (Lipinski definition) is 3. The van der Waals surface area contributed by atoms with Gasteiger partial charge in [-0.05, 0) is 42.5 Å². The van der Waals surface area contributed by atoms with Crippen LogP contribution in [0.15, 0.2) is 41.2 Å². The molecule has 3 atom stereocenters. The number of benzene rings is 1. The van der Waals surface area contributed by atoms with Gasteiger partial charge < -0.3 is 20.6 Å². The van der Waals surface area contributed by atoms with Gasteiger partial charge in [-0.15, -0.1) is 0 Å². The van der Waals surface area contributed by atoms with E-state index in [1.807, 2.05) is 6.08 Å². The molecule has 3 unspecified atom stereocenters. The van der Waals surface area contributed by atoms with Crippen molar-refractivity contribution in [3.63, 3.8) is 0 Å². The number of hydrazone groups is 1. The largest absolute Gasteiger partial charge is 0.496 e. The molecule has 1 aromatic carbocycles. The van der Waals surface area contributed by atoms with Crippen molar-refractivity contribution in [2.75, 3.05) is 13.7 Å². The summed E-state index contributed by atoms with van der Waals surface area (Å²) in [6.07, 6.45) is 1.25. The number of nitrogens with one attached hydrogen (secondary N) is 2. The molecule has 0 aromatic heterocycles. The van der Waals surface area contributed by atoms with Crippen LogP contribution in [0.3, 0.4) is 0 Å². The molecule has 3 rings (SSSR count). The van der Waals surface area contributed by atoms with E-state index in [0.717, 1.165) is 0 Å². The molecule has 5 nitrogen and oxygen atoms in total. The minimum absolute atomic E-state index is 0.136. The van der Waals surface area contributed by atoms with Crippen molar-refractivity contribution in [2.45, 2.75) is 50.4 Å². The van der Waals surface area contributed by atoms with Crippen LogP contribution in [0, 0.1) is 18.7 Å². The lowest BCUT2D eigenvalue weighted by atomic mass is 9.74. The van der Waals surface area contributed by atoms with E-state index in [1.54, 1.807) is 25.3 Å². The standard InChI is InChI=1S/C22H27F4N3O2/c1-13-8-19(31-4)15(9-16(13)23)20(2,3)11-21(30,22(24,25)26)12-27-17-6-5-7-18-14(17)10-28-29-18/h5-10,14,18,27,29-30H,11-12H2,1-4H3. The topological polar surface area (TPSA) is 65.9 Å². The molecular formula is C22H27F4N3O2. The average Bonchev–Trinajstić information content (AvgIpc) is 3.16. The molecule has 0 spiro atoms. The van der Waals surface area contributed by atoms with Gasteiger partial charge in [-0.1, -0.05) is 26.0 Å². The number of halogens is 4. The van der Waals surface area contributed by atoms with E-state index in [2.05, 4.69) is 15.8 Å². The molecule has 0 bridgehead atoms. The first-order valence-corrected chi connectivity index (χ1v) is 9.93. The Labute approximate surface area is 178 Å². The Morgan fingerprint density at radius 3 is 2.61 bits per heavy atom. The predicted octanol–water partition coefficient (Wildman–Crippen LogP) is 3.72. The fraction of sp³-hybridized carbons (Fsp3) is 0.500. The first-order valence-electron chi connectivity index (χ1n) is 9.93. The van der Waals surface area contributed by atoms with Crippen molar-refractivity contribution in [3.05, 3.63) is 53.0 Å². The SMILES string of the molecule is COc1cc(C)c(F)cc1C(C)(C)CC(O)(CNC1=CC=CC2NN=CC12)C(F)(F)F. The van der Waals surface area contributed by atoms with Crippen molar-refractivity contribution >= 4 is 6.21 Å². The molecular weight excluding hydrogens is 414 g/mol. The minimum Gasteiger partial charge on any atom is -0.496 e. The number of ether oxygens (including phenoxy) is 1. The fourth-order valence-electron chi connectivity index (χ4n) is 4.08. The van der Waals surface area contributed by atoms with Gasteiger partial charge in [0.25, 0.3) is 0 Å². The van der Waals surface area contributed by atoms with Gasteiger partial charge in [-0.2, -0.15) is 18.3 Å². The second-order valence-electron chi connectivity index (χ2n) is 8.71. The summed E-state index contributed by atoms with van der Waals surface area (Å²) in [6, 6.07) is 2.49. The normalized spacial score (nSPS) is 22.4. The van der Waals surface area contributed by atoms with Gasteiger partial charge in [0, 0.05) is 17.5 Å². The third kappa shape index (κ3) is 4.56. The maximum Gasteiger partial charge on any atom is 0.418 e. The highest BCUT2D eigenvalue weighted by molar-refractivity contribution is 5.69.